The van der Waals surface area contributed by atoms with E-state index in [1.807, 2.05) is 0 Å². The van der Waals surface area contributed by atoms with Crippen molar-refractivity contribution in [1.29, 1.82) is 0 Å². The zero-order valence-electron chi connectivity index (χ0n) is 9.96. The third-order valence-corrected chi connectivity index (χ3v) is 2.78. The molecule has 1 rings (SSSR count). The van der Waals surface area contributed by atoms with E-state index in [1.165, 1.54) is 12.0 Å². The second kappa shape index (κ2) is 7.38. The fraction of sp³-hybridized carbons (Fsp3) is 0.400. The van der Waals surface area contributed by atoms with Crippen molar-refractivity contribution in [3.63, 3.8) is 0 Å². The van der Waals surface area contributed by atoms with Crippen LogP contribution >= 0.6 is 11.3 Å². The first kappa shape index (κ1) is 14.1. The van der Waals surface area contributed by atoms with Crippen LogP contribution < -0.4 is 10.1 Å². The van der Waals surface area contributed by atoms with Gasteiger partial charge in [0.05, 0.1) is 13.7 Å². The number of hydrogen-bond donors (Lipinski definition) is 1. The molecule has 1 heterocycles. The molecule has 0 aliphatic carbocycles. The molecule has 0 aromatic carbocycles. The molecule has 2 amide bonds. The molecule has 1 N–H and O–H groups in total. The topological polar surface area (TPSA) is 84.4 Å². The molecule has 98 valence electrons. The van der Waals surface area contributed by atoms with E-state index in [1.54, 1.807) is 6.08 Å². The highest BCUT2D eigenvalue weighted by atomic mass is 32.1. The maximum atomic E-state index is 11.8. The van der Waals surface area contributed by atoms with Gasteiger partial charge in [0.25, 0.3) is 5.19 Å². The highest BCUT2D eigenvalue weighted by Gasteiger charge is 2.14. The van der Waals surface area contributed by atoms with Gasteiger partial charge in [0.1, 0.15) is 6.29 Å². The van der Waals surface area contributed by atoms with E-state index in [4.69, 9.17) is 4.74 Å². The van der Waals surface area contributed by atoms with Crippen LogP contribution in [-0.2, 0) is 4.79 Å². The Bertz CT molecular complexity index is 421. The minimum atomic E-state index is -0.400. The zero-order chi connectivity index (χ0) is 13.4. The molecule has 18 heavy (non-hydrogen) atoms. The minimum Gasteiger partial charge on any atom is -0.472 e. The maximum Gasteiger partial charge on any atom is 0.324 e. The first-order valence-corrected chi connectivity index (χ1v) is 6.00. The Kier molecular flexibility index (Phi) is 5.78. The number of carbonyl (C=O) groups excluding carboxylic acids is 2. The van der Waals surface area contributed by atoms with Gasteiger partial charge in [-0.25, -0.2) is 4.79 Å². The number of anilines is 1. The van der Waals surface area contributed by atoms with Crippen LogP contribution in [0.4, 0.5) is 9.93 Å². The van der Waals surface area contributed by atoms with E-state index < -0.39 is 6.03 Å². The van der Waals surface area contributed by atoms with Crippen LogP contribution in [0, 0.1) is 0 Å². The second-order valence-corrected chi connectivity index (χ2v) is 4.14. The molecule has 0 fully saturated rings. The molecule has 1 aromatic heterocycles. The quantitative estimate of drug-likeness (QED) is 0.593. The van der Waals surface area contributed by atoms with E-state index >= 15 is 0 Å². The lowest BCUT2D eigenvalue weighted by atomic mass is 10.4. The normalized spacial score (nSPS) is 9.61. The van der Waals surface area contributed by atoms with Crippen LogP contribution in [0.15, 0.2) is 12.7 Å². The summed E-state index contributed by atoms with van der Waals surface area (Å²) in [4.78, 5) is 23.7. The molecule has 0 radical (unpaired) electrons. The van der Waals surface area contributed by atoms with Crippen LogP contribution in [0.5, 0.6) is 5.19 Å². The molecule has 0 spiro atoms. The van der Waals surface area contributed by atoms with E-state index in [0.29, 0.717) is 29.6 Å². The van der Waals surface area contributed by atoms with Gasteiger partial charge in [-0.2, -0.15) is 0 Å². The predicted octanol–water partition coefficient (Wildman–Crippen LogP) is 1.16. The van der Waals surface area contributed by atoms with Crippen molar-refractivity contribution < 1.29 is 14.3 Å². The molecule has 0 unspecified atom stereocenters. The van der Waals surface area contributed by atoms with Crippen molar-refractivity contribution in [3.8, 4) is 5.19 Å². The van der Waals surface area contributed by atoms with Gasteiger partial charge in [-0.15, -0.1) is 11.7 Å². The van der Waals surface area contributed by atoms with Crippen molar-refractivity contribution in [3.05, 3.63) is 12.7 Å². The smallest absolute Gasteiger partial charge is 0.324 e. The summed E-state index contributed by atoms with van der Waals surface area (Å²) in [6, 6.07) is -0.400. The Morgan fingerprint density at radius 1 is 1.61 bits per heavy atom. The third-order valence-electron chi connectivity index (χ3n) is 1.98. The average molecular weight is 270 g/mol. The highest BCUT2D eigenvalue weighted by molar-refractivity contribution is 7.17. The van der Waals surface area contributed by atoms with E-state index in [0.717, 1.165) is 11.3 Å². The lowest BCUT2D eigenvalue weighted by molar-refractivity contribution is -0.108. The Morgan fingerprint density at radius 3 is 2.94 bits per heavy atom. The number of ether oxygens (including phenoxy) is 1. The summed E-state index contributed by atoms with van der Waals surface area (Å²) in [7, 11) is 1.47. The van der Waals surface area contributed by atoms with E-state index in [-0.39, 0.29) is 6.54 Å². The number of rotatable bonds is 7. The van der Waals surface area contributed by atoms with Crippen molar-refractivity contribution in [2.75, 3.05) is 25.5 Å². The minimum absolute atomic E-state index is 0.0234. The summed E-state index contributed by atoms with van der Waals surface area (Å²) >= 11 is 1.11. The Labute approximate surface area is 108 Å². The van der Waals surface area contributed by atoms with Gasteiger partial charge < -0.3 is 14.4 Å². The third kappa shape index (κ3) is 4.13. The van der Waals surface area contributed by atoms with Gasteiger partial charge in [-0.3, -0.25) is 5.32 Å². The number of aromatic nitrogens is 2. The lowest BCUT2D eigenvalue weighted by Gasteiger charge is -2.18. The van der Waals surface area contributed by atoms with Crippen molar-refractivity contribution in [2.45, 2.75) is 6.42 Å². The monoisotopic (exact) mass is 270 g/mol. The number of hydrogen-bond acceptors (Lipinski definition) is 6. The van der Waals surface area contributed by atoms with Gasteiger partial charge >= 0.3 is 6.03 Å². The molecular weight excluding hydrogens is 256 g/mol. The lowest BCUT2D eigenvalue weighted by Crippen LogP contribution is -2.36. The van der Waals surface area contributed by atoms with Crippen LogP contribution in [-0.4, -0.2) is 47.6 Å². The fourth-order valence-electron chi connectivity index (χ4n) is 1.13. The molecule has 0 bridgehead atoms. The molecule has 1 aromatic rings. The standard InChI is InChI=1S/C10H14N4O3S/c1-3-4-5-14(6-7-15)9(16)11-8-12-13-10(17-2)18-8/h3,7H,1,4-6H2,2H3,(H,11,12,16). The molecule has 8 heteroatoms. The zero-order valence-corrected chi connectivity index (χ0v) is 10.8. The Morgan fingerprint density at radius 2 is 2.39 bits per heavy atom. The number of nitrogens with one attached hydrogen (secondary N) is 1. The fourth-order valence-corrected chi connectivity index (χ4v) is 1.68. The summed E-state index contributed by atoms with van der Waals surface area (Å²) < 4.78 is 4.86. The number of urea groups is 1. The summed E-state index contributed by atoms with van der Waals surface area (Å²) in [5.74, 6) is 0. The molecule has 0 aliphatic rings. The first-order valence-electron chi connectivity index (χ1n) is 5.19. The summed E-state index contributed by atoms with van der Waals surface area (Å²) in [5.41, 5.74) is 0. The van der Waals surface area contributed by atoms with Crippen LogP contribution in [0.1, 0.15) is 6.42 Å². The highest BCUT2D eigenvalue weighted by Crippen LogP contribution is 2.21. The summed E-state index contributed by atoms with van der Waals surface area (Å²) in [6.07, 6.45) is 2.96. The predicted molar refractivity (Wildman–Crippen MR) is 67.9 cm³/mol. The largest absolute Gasteiger partial charge is 0.472 e. The van der Waals surface area contributed by atoms with Gasteiger partial charge in [0.15, 0.2) is 0 Å². The molecule has 7 nitrogen and oxygen atoms in total. The summed E-state index contributed by atoms with van der Waals surface area (Å²) in [6.45, 7) is 4.01. The van der Waals surface area contributed by atoms with Crippen LogP contribution in [0.3, 0.4) is 0 Å². The van der Waals surface area contributed by atoms with Crippen LogP contribution in [0.25, 0.3) is 0 Å². The average Bonchev–Trinajstić information content (AvgIpc) is 2.82. The Balaban J connectivity index is 2.59. The van der Waals surface area contributed by atoms with E-state index in [2.05, 4.69) is 22.1 Å². The second-order valence-electron chi connectivity index (χ2n) is 3.20. The Hall–Kier alpha value is -1.96. The van der Waals surface area contributed by atoms with Gasteiger partial charge in [0.2, 0.25) is 5.13 Å². The van der Waals surface area contributed by atoms with Gasteiger partial charge in [-0.05, 0) is 17.8 Å². The van der Waals surface area contributed by atoms with Crippen molar-refractivity contribution in [2.24, 2.45) is 0 Å². The van der Waals surface area contributed by atoms with E-state index in [9.17, 15) is 9.59 Å². The number of amides is 2. The molecule has 0 saturated heterocycles. The molecular formula is C10H14N4O3S. The van der Waals surface area contributed by atoms with Gasteiger partial charge in [0, 0.05) is 6.54 Å². The summed E-state index contributed by atoms with van der Waals surface area (Å²) in [5, 5.41) is 10.6. The van der Waals surface area contributed by atoms with Crippen molar-refractivity contribution >= 4 is 28.8 Å². The van der Waals surface area contributed by atoms with Gasteiger partial charge in [-0.1, -0.05) is 11.2 Å². The number of methoxy groups -OCH3 is 1. The molecule has 0 aliphatic heterocycles. The SMILES string of the molecule is C=CCCN(CC=O)C(=O)Nc1nnc(OC)s1. The molecule has 0 saturated carbocycles. The molecule has 0 atom stereocenters. The first-order chi connectivity index (χ1) is 8.71. The maximum absolute atomic E-state index is 11.8. The number of aldehydes is 1. The number of carbonyl (C=O) groups is 2. The van der Waals surface area contributed by atoms with Crippen molar-refractivity contribution in [1.82, 2.24) is 15.1 Å². The number of nitrogens with zero attached hydrogens (tertiary/aromatic N) is 3. The van der Waals surface area contributed by atoms with Crippen LogP contribution in [0.2, 0.25) is 0 Å².